The lowest BCUT2D eigenvalue weighted by molar-refractivity contribution is -0.145. The molecule has 1 heterocycles. The van der Waals surface area contributed by atoms with E-state index < -0.39 is 12.0 Å². The van der Waals surface area contributed by atoms with Gasteiger partial charge in [0.1, 0.15) is 0 Å². The van der Waals surface area contributed by atoms with E-state index >= 15 is 0 Å². The van der Waals surface area contributed by atoms with E-state index in [-0.39, 0.29) is 11.8 Å². The van der Waals surface area contributed by atoms with Gasteiger partial charge < -0.3 is 10.5 Å². The molecule has 0 unspecified atom stereocenters. The number of hydrogen-bond acceptors (Lipinski definition) is 4. The Bertz CT molecular complexity index is 373. The summed E-state index contributed by atoms with van der Waals surface area (Å²) in [6, 6.07) is 0.229. The summed E-state index contributed by atoms with van der Waals surface area (Å²) in [5.74, 6) is -0.527. The molecule has 94 valence electrons. The SMILES string of the molecule is NC1CC(COc2cnc(C(F)(F)F)nc2)C1. The van der Waals surface area contributed by atoms with Gasteiger partial charge in [0, 0.05) is 6.04 Å². The standard InChI is InChI=1S/C10H12F3N3O/c11-10(12,13)9-15-3-8(4-16-9)17-5-6-1-7(14)2-6/h3-4,6-7H,1-2,5,14H2. The molecule has 0 saturated heterocycles. The molecule has 0 atom stereocenters. The average molecular weight is 247 g/mol. The molecule has 1 saturated carbocycles. The molecule has 17 heavy (non-hydrogen) atoms. The Balaban J connectivity index is 1.86. The molecule has 0 bridgehead atoms. The summed E-state index contributed by atoms with van der Waals surface area (Å²) in [6.45, 7) is 0.447. The quantitative estimate of drug-likeness (QED) is 0.881. The predicted molar refractivity (Wildman–Crippen MR) is 53.2 cm³/mol. The Kier molecular flexibility index (Phi) is 3.19. The molecule has 2 N–H and O–H groups in total. The Morgan fingerprint density at radius 2 is 1.88 bits per heavy atom. The van der Waals surface area contributed by atoms with Gasteiger partial charge in [-0.05, 0) is 18.8 Å². The van der Waals surface area contributed by atoms with Crippen molar-refractivity contribution in [2.24, 2.45) is 11.7 Å². The maximum atomic E-state index is 12.2. The van der Waals surface area contributed by atoms with Crippen molar-refractivity contribution in [3.05, 3.63) is 18.2 Å². The minimum Gasteiger partial charge on any atom is -0.490 e. The lowest BCUT2D eigenvalue weighted by Crippen LogP contribution is -2.39. The summed E-state index contributed by atoms with van der Waals surface area (Å²) in [6.07, 6.45) is -0.662. The second kappa shape index (κ2) is 4.48. The van der Waals surface area contributed by atoms with Crippen molar-refractivity contribution < 1.29 is 17.9 Å². The largest absolute Gasteiger partial charge is 0.490 e. The van der Waals surface area contributed by atoms with Crippen molar-refractivity contribution in [3.63, 3.8) is 0 Å². The summed E-state index contributed by atoms with van der Waals surface area (Å²) < 4.78 is 41.8. The first kappa shape index (κ1) is 12.1. The highest BCUT2D eigenvalue weighted by molar-refractivity contribution is 5.13. The topological polar surface area (TPSA) is 61.0 Å². The summed E-state index contributed by atoms with van der Waals surface area (Å²) in [5, 5.41) is 0. The third-order valence-corrected chi connectivity index (χ3v) is 2.64. The normalized spacial score (nSPS) is 24.2. The molecule has 1 fully saturated rings. The second-order valence-electron chi connectivity index (χ2n) is 4.15. The minimum atomic E-state index is -4.51. The Morgan fingerprint density at radius 1 is 1.29 bits per heavy atom. The molecule has 0 spiro atoms. The smallest absolute Gasteiger partial charge is 0.451 e. The molecule has 1 aromatic rings. The van der Waals surface area contributed by atoms with Gasteiger partial charge in [0.25, 0.3) is 0 Å². The number of halogens is 3. The van der Waals surface area contributed by atoms with Gasteiger partial charge in [0.05, 0.1) is 19.0 Å². The van der Waals surface area contributed by atoms with Crippen LogP contribution in [0.25, 0.3) is 0 Å². The predicted octanol–water partition coefficient (Wildman–Crippen LogP) is 1.61. The molecule has 1 aromatic heterocycles. The van der Waals surface area contributed by atoms with Gasteiger partial charge in [-0.1, -0.05) is 0 Å². The van der Waals surface area contributed by atoms with Crippen LogP contribution >= 0.6 is 0 Å². The molecule has 7 heteroatoms. The lowest BCUT2D eigenvalue weighted by Gasteiger charge is -2.31. The van der Waals surface area contributed by atoms with E-state index in [0.29, 0.717) is 12.5 Å². The number of ether oxygens (including phenoxy) is 1. The van der Waals surface area contributed by atoms with Crippen LogP contribution in [0.2, 0.25) is 0 Å². The van der Waals surface area contributed by atoms with E-state index in [1.807, 2.05) is 0 Å². The maximum Gasteiger partial charge on any atom is 0.451 e. The van der Waals surface area contributed by atoms with Crippen LogP contribution in [0, 0.1) is 5.92 Å². The van der Waals surface area contributed by atoms with Crippen molar-refractivity contribution in [1.29, 1.82) is 0 Å². The van der Waals surface area contributed by atoms with Crippen LogP contribution in [0.4, 0.5) is 13.2 Å². The van der Waals surface area contributed by atoms with E-state index in [9.17, 15) is 13.2 Å². The Hall–Kier alpha value is -1.37. The van der Waals surface area contributed by atoms with Gasteiger partial charge in [0.15, 0.2) is 5.75 Å². The molecule has 0 aromatic carbocycles. The summed E-state index contributed by atoms with van der Waals surface area (Å²) >= 11 is 0. The van der Waals surface area contributed by atoms with E-state index in [1.165, 1.54) is 0 Å². The molecular formula is C10H12F3N3O. The van der Waals surface area contributed by atoms with Crippen molar-refractivity contribution in [1.82, 2.24) is 9.97 Å². The molecule has 4 nitrogen and oxygen atoms in total. The highest BCUT2D eigenvalue weighted by atomic mass is 19.4. The van der Waals surface area contributed by atoms with Gasteiger partial charge >= 0.3 is 6.18 Å². The number of nitrogens with zero attached hydrogens (tertiary/aromatic N) is 2. The number of alkyl halides is 3. The van der Waals surface area contributed by atoms with Gasteiger partial charge in [0.2, 0.25) is 5.82 Å². The first-order valence-electron chi connectivity index (χ1n) is 5.23. The summed E-state index contributed by atoms with van der Waals surface area (Å²) in [7, 11) is 0. The van der Waals surface area contributed by atoms with Gasteiger partial charge in [-0.3, -0.25) is 0 Å². The molecule has 2 rings (SSSR count). The third kappa shape index (κ3) is 3.06. The fourth-order valence-corrected chi connectivity index (χ4v) is 1.67. The first-order valence-corrected chi connectivity index (χ1v) is 5.23. The van der Waals surface area contributed by atoms with E-state index in [4.69, 9.17) is 10.5 Å². The zero-order valence-corrected chi connectivity index (χ0v) is 8.94. The van der Waals surface area contributed by atoms with Crippen LogP contribution < -0.4 is 10.5 Å². The fraction of sp³-hybridized carbons (Fsp3) is 0.600. The van der Waals surface area contributed by atoms with Crippen LogP contribution in [0.3, 0.4) is 0 Å². The van der Waals surface area contributed by atoms with Crippen molar-refractivity contribution in [2.45, 2.75) is 25.1 Å². The van der Waals surface area contributed by atoms with Crippen LogP contribution in [-0.4, -0.2) is 22.6 Å². The van der Waals surface area contributed by atoms with Crippen molar-refractivity contribution >= 4 is 0 Å². The lowest BCUT2D eigenvalue weighted by atomic mass is 9.82. The average Bonchev–Trinajstić information content (AvgIpc) is 2.22. The van der Waals surface area contributed by atoms with Crippen LogP contribution in [0.15, 0.2) is 12.4 Å². The van der Waals surface area contributed by atoms with Crippen LogP contribution in [-0.2, 0) is 6.18 Å². The van der Waals surface area contributed by atoms with E-state index in [0.717, 1.165) is 25.2 Å². The number of aromatic nitrogens is 2. The van der Waals surface area contributed by atoms with Crippen molar-refractivity contribution in [3.8, 4) is 5.75 Å². The van der Waals surface area contributed by atoms with Crippen molar-refractivity contribution in [2.75, 3.05) is 6.61 Å². The third-order valence-electron chi connectivity index (χ3n) is 2.64. The van der Waals surface area contributed by atoms with Crippen LogP contribution in [0.5, 0.6) is 5.75 Å². The maximum absolute atomic E-state index is 12.2. The highest BCUT2D eigenvalue weighted by Crippen LogP contribution is 2.28. The van der Waals surface area contributed by atoms with Gasteiger partial charge in [-0.2, -0.15) is 13.2 Å². The molecule has 0 aliphatic heterocycles. The zero-order valence-electron chi connectivity index (χ0n) is 8.94. The second-order valence-corrected chi connectivity index (χ2v) is 4.15. The Labute approximate surface area is 96.0 Å². The number of rotatable bonds is 3. The summed E-state index contributed by atoms with van der Waals surface area (Å²) in [4.78, 5) is 6.40. The number of nitrogens with two attached hydrogens (primary N) is 1. The molecule has 0 radical (unpaired) electrons. The fourth-order valence-electron chi connectivity index (χ4n) is 1.67. The zero-order chi connectivity index (χ0) is 12.5. The minimum absolute atomic E-state index is 0.229. The molecule has 1 aliphatic rings. The Morgan fingerprint density at radius 3 is 2.35 bits per heavy atom. The van der Waals surface area contributed by atoms with Gasteiger partial charge in [-0.25, -0.2) is 9.97 Å². The highest BCUT2D eigenvalue weighted by Gasteiger charge is 2.34. The molecule has 1 aliphatic carbocycles. The first-order chi connectivity index (χ1) is 7.95. The van der Waals surface area contributed by atoms with Gasteiger partial charge in [-0.15, -0.1) is 0 Å². The molecule has 0 amide bonds. The van der Waals surface area contributed by atoms with Crippen LogP contribution in [0.1, 0.15) is 18.7 Å². The van der Waals surface area contributed by atoms with E-state index in [2.05, 4.69) is 9.97 Å². The number of hydrogen-bond donors (Lipinski definition) is 1. The monoisotopic (exact) mass is 247 g/mol. The molecular weight excluding hydrogens is 235 g/mol. The summed E-state index contributed by atoms with van der Waals surface area (Å²) in [5.41, 5.74) is 5.60. The van der Waals surface area contributed by atoms with E-state index in [1.54, 1.807) is 0 Å².